The van der Waals surface area contributed by atoms with Crippen molar-refractivity contribution in [2.24, 2.45) is 5.92 Å². The van der Waals surface area contributed by atoms with Crippen LogP contribution in [-0.2, 0) is 4.74 Å². The first kappa shape index (κ1) is 14.5. The maximum absolute atomic E-state index is 6.02. The molecule has 0 spiro atoms. The lowest BCUT2D eigenvalue weighted by atomic mass is 9.85. The van der Waals surface area contributed by atoms with Crippen LogP contribution in [0.2, 0.25) is 10.3 Å². The number of hydrogen-bond donors (Lipinski definition) is 0. The summed E-state index contributed by atoms with van der Waals surface area (Å²) in [6.45, 7) is 0. The van der Waals surface area contributed by atoms with Crippen LogP contribution in [-0.4, -0.2) is 17.1 Å². The Kier molecular flexibility index (Phi) is 5.24. The zero-order chi connectivity index (χ0) is 13.1. The maximum atomic E-state index is 6.02. The van der Waals surface area contributed by atoms with E-state index < -0.39 is 0 Å². The standard InChI is InChI=1S/C12H15BrCl2N2O/c1-18-9(7-5-3-2-4-6-7)12-16-10(14)8(13)11(15)17-12/h7,9H,2-6H2,1H3. The van der Waals surface area contributed by atoms with E-state index >= 15 is 0 Å². The van der Waals surface area contributed by atoms with Crippen molar-refractivity contribution in [3.05, 3.63) is 20.6 Å². The molecule has 0 saturated heterocycles. The van der Waals surface area contributed by atoms with E-state index in [4.69, 9.17) is 27.9 Å². The molecule has 100 valence electrons. The Morgan fingerprint density at radius 1 is 1.17 bits per heavy atom. The van der Waals surface area contributed by atoms with E-state index in [-0.39, 0.29) is 6.10 Å². The summed E-state index contributed by atoms with van der Waals surface area (Å²) in [4.78, 5) is 8.56. The Morgan fingerprint density at radius 3 is 2.22 bits per heavy atom. The minimum atomic E-state index is -0.117. The minimum Gasteiger partial charge on any atom is -0.373 e. The quantitative estimate of drug-likeness (QED) is 0.731. The molecule has 2 rings (SSSR count). The highest BCUT2D eigenvalue weighted by atomic mass is 79.9. The van der Waals surface area contributed by atoms with Gasteiger partial charge in [-0.3, -0.25) is 0 Å². The lowest BCUT2D eigenvalue weighted by Gasteiger charge is -2.28. The van der Waals surface area contributed by atoms with Crippen molar-refractivity contribution in [2.45, 2.75) is 38.2 Å². The summed E-state index contributed by atoms with van der Waals surface area (Å²) in [5.41, 5.74) is 0. The van der Waals surface area contributed by atoms with E-state index in [0.717, 1.165) is 12.8 Å². The highest BCUT2D eigenvalue weighted by Gasteiger charge is 2.28. The van der Waals surface area contributed by atoms with Crippen molar-refractivity contribution in [1.82, 2.24) is 9.97 Å². The Labute approximate surface area is 125 Å². The SMILES string of the molecule is COC(c1nc(Cl)c(Br)c(Cl)n1)C1CCCCC1. The Balaban J connectivity index is 2.26. The Bertz CT molecular complexity index is 402. The third-order valence-electron chi connectivity index (χ3n) is 3.37. The Hall–Kier alpha value is 0.1000. The van der Waals surface area contributed by atoms with E-state index in [1.807, 2.05) is 0 Å². The van der Waals surface area contributed by atoms with Gasteiger partial charge in [0.25, 0.3) is 0 Å². The van der Waals surface area contributed by atoms with Gasteiger partial charge < -0.3 is 4.74 Å². The first-order chi connectivity index (χ1) is 8.63. The molecule has 1 fully saturated rings. The normalized spacial score (nSPS) is 18.9. The monoisotopic (exact) mass is 352 g/mol. The molecule has 3 nitrogen and oxygen atoms in total. The molecule has 0 aliphatic heterocycles. The molecule has 1 aliphatic carbocycles. The van der Waals surface area contributed by atoms with Crippen LogP contribution in [0.25, 0.3) is 0 Å². The molecule has 1 atom stereocenters. The van der Waals surface area contributed by atoms with E-state index in [0.29, 0.717) is 26.5 Å². The summed E-state index contributed by atoms with van der Waals surface area (Å²) in [5.74, 6) is 1.04. The van der Waals surface area contributed by atoms with Crippen molar-refractivity contribution in [3.63, 3.8) is 0 Å². The van der Waals surface area contributed by atoms with Crippen LogP contribution < -0.4 is 0 Å². The molecule has 0 N–H and O–H groups in total. The van der Waals surface area contributed by atoms with Gasteiger partial charge >= 0.3 is 0 Å². The molecule has 18 heavy (non-hydrogen) atoms. The summed E-state index contributed by atoms with van der Waals surface area (Å²) >= 11 is 15.3. The largest absolute Gasteiger partial charge is 0.373 e. The number of rotatable bonds is 3. The fourth-order valence-electron chi connectivity index (χ4n) is 2.48. The second-order valence-electron chi connectivity index (χ2n) is 4.53. The fraction of sp³-hybridized carbons (Fsp3) is 0.667. The number of ether oxygens (including phenoxy) is 1. The van der Waals surface area contributed by atoms with Crippen LogP contribution in [0, 0.1) is 5.92 Å². The molecule has 1 saturated carbocycles. The molecular formula is C12H15BrCl2N2O. The summed E-state index contributed by atoms with van der Waals surface area (Å²) < 4.78 is 6.10. The predicted octanol–water partition coefficient (Wildman–Crippen LogP) is 4.81. The van der Waals surface area contributed by atoms with Gasteiger partial charge in [-0.2, -0.15) is 0 Å². The molecular weight excluding hydrogens is 339 g/mol. The van der Waals surface area contributed by atoms with Gasteiger partial charge in [-0.05, 0) is 34.7 Å². The Morgan fingerprint density at radius 2 is 1.72 bits per heavy atom. The maximum Gasteiger partial charge on any atom is 0.160 e. The fourth-order valence-corrected chi connectivity index (χ4v) is 3.06. The van der Waals surface area contributed by atoms with Crippen molar-refractivity contribution in [1.29, 1.82) is 0 Å². The zero-order valence-corrected chi connectivity index (χ0v) is 13.2. The van der Waals surface area contributed by atoms with Crippen LogP contribution >= 0.6 is 39.1 Å². The molecule has 0 amide bonds. The van der Waals surface area contributed by atoms with Gasteiger partial charge in [-0.25, -0.2) is 9.97 Å². The lowest BCUT2D eigenvalue weighted by Crippen LogP contribution is -2.20. The lowest BCUT2D eigenvalue weighted by molar-refractivity contribution is 0.0289. The highest BCUT2D eigenvalue weighted by molar-refractivity contribution is 9.10. The molecule has 1 unspecified atom stereocenters. The molecule has 0 aromatic carbocycles. The molecule has 1 aromatic rings. The summed E-state index contributed by atoms with van der Waals surface area (Å²) in [7, 11) is 1.69. The summed E-state index contributed by atoms with van der Waals surface area (Å²) in [6.07, 6.45) is 5.95. The number of nitrogens with zero attached hydrogens (tertiary/aromatic N) is 2. The van der Waals surface area contributed by atoms with Gasteiger partial charge in [-0.15, -0.1) is 0 Å². The average Bonchev–Trinajstić information content (AvgIpc) is 2.38. The van der Waals surface area contributed by atoms with Gasteiger partial charge in [0.1, 0.15) is 16.4 Å². The third kappa shape index (κ3) is 3.16. The van der Waals surface area contributed by atoms with E-state index in [9.17, 15) is 0 Å². The summed E-state index contributed by atoms with van der Waals surface area (Å²) in [6, 6.07) is 0. The smallest absolute Gasteiger partial charge is 0.160 e. The second kappa shape index (κ2) is 6.51. The number of hydrogen-bond acceptors (Lipinski definition) is 3. The van der Waals surface area contributed by atoms with Crippen molar-refractivity contribution in [2.75, 3.05) is 7.11 Å². The van der Waals surface area contributed by atoms with E-state index in [2.05, 4.69) is 25.9 Å². The molecule has 1 aromatic heterocycles. The van der Waals surface area contributed by atoms with Crippen LogP contribution in [0.5, 0.6) is 0 Å². The highest BCUT2D eigenvalue weighted by Crippen LogP contribution is 2.37. The molecule has 1 aliphatic rings. The van der Waals surface area contributed by atoms with Crippen LogP contribution in [0.1, 0.15) is 44.0 Å². The number of methoxy groups -OCH3 is 1. The van der Waals surface area contributed by atoms with Crippen LogP contribution in [0.15, 0.2) is 4.47 Å². The second-order valence-corrected chi connectivity index (χ2v) is 6.04. The third-order valence-corrected chi connectivity index (χ3v) is 5.13. The van der Waals surface area contributed by atoms with Gasteiger partial charge in [0, 0.05) is 7.11 Å². The average molecular weight is 354 g/mol. The molecule has 1 heterocycles. The van der Waals surface area contributed by atoms with Crippen molar-refractivity contribution in [3.8, 4) is 0 Å². The molecule has 0 radical (unpaired) electrons. The van der Waals surface area contributed by atoms with Gasteiger partial charge in [-0.1, -0.05) is 42.5 Å². The van der Waals surface area contributed by atoms with Gasteiger partial charge in [0.05, 0.1) is 4.47 Å². The topological polar surface area (TPSA) is 35.0 Å². The van der Waals surface area contributed by atoms with Crippen molar-refractivity contribution >= 4 is 39.1 Å². The zero-order valence-electron chi connectivity index (χ0n) is 10.1. The summed E-state index contributed by atoms with van der Waals surface area (Å²) in [5, 5.41) is 0.672. The minimum absolute atomic E-state index is 0.117. The number of halogens is 3. The molecule has 6 heteroatoms. The first-order valence-electron chi connectivity index (χ1n) is 6.04. The number of aromatic nitrogens is 2. The predicted molar refractivity (Wildman–Crippen MR) is 76.1 cm³/mol. The van der Waals surface area contributed by atoms with Crippen molar-refractivity contribution < 1.29 is 4.74 Å². The first-order valence-corrected chi connectivity index (χ1v) is 7.59. The van der Waals surface area contributed by atoms with Gasteiger partial charge in [0.2, 0.25) is 0 Å². The van der Waals surface area contributed by atoms with E-state index in [1.54, 1.807) is 7.11 Å². The van der Waals surface area contributed by atoms with Gasteiger partial charge in [0.15, 0.2) is 5.82 Å². The van der Waals surface area contributed by atoms with Crippen LogP contribution in [0.3, 0.4) is 0 Å². The van der Waals surface area contributed by atoms with Crippen LogP contribution in [0.4, 0.5) is 0 Å². The molecule has 0 bridgehead atoms. The van der Waals surface area contributed by atoms with E-state index in [1.165, 1.54) is 19.3 Å².